The molecule has 102 valence electrons. The lowest BCUT2D eigenvalue weighted by atomic mass is 10.0. The number of halogens is 2. The van der Waals surface area contributed by atoms with Crippen molar-refractivity contribution in [3.63, 3.8) is 0 Å². The molecule has 1 rings (SSSR count). The van der Waals surface area contributed by atoms with Crippen molar-refractivity contribution in [1.29, 1.82) is 0 Å². The number of nitrogens with one attached hydrogen (secondary N) is 1. The second kappa shape index (κ2) is 6.81. The van der Waals surface area contributed by atoms with E-state index < -0.39 is 9.84 Å². The number of rotatable bonds is 6. The highest BCUT2D eigenvalue weighted by Crippen LogP contribution is 2.24. The lowest BCUT2D eigenvalue weighted by Crippen LogP contribution is -2.18. The second-order valence-electron chi connectivity index (χ2n) is 4.28. The first kappa shape index (κ1) is 15.8. The van der Waals surface area contributed by atoms with Gasteiger partial charge >= 0.3 is 0 Å². The first-order valence-corrected chi connectivity index (χ1v) is 8.77. The molecule has 0 fully saturated rings. The molecule has 6 heteroatoms. The summed E-state index contributed by atoms with van der Waals surface area (Å²) in [5, 5.41) is 3.14. The molecule has 3 nitrogen and oxygen atoms in total. The van der Waals surface area contributed by atoms with Crippen LogP contribution in [-0.4, -0.2) is 27.5 Å². The maximum absolute atomic E-state index is 13.0. The summed E-state index contributed by atoms with van der Waals surface area (Å²) in [6.07, 6.45) is 2.55. The summed E-state index contributed by atoms with van der Waals surface area (Å²) in [5.41, 5.74) is 1.01. The molecular formula is C12H17FINO2S. The molecule has 0 heterocycles. The maximum Gasteiger partial charge on any atom is 0.147 e. The van der Waals surface area contributed by atoms with Crippen molar-refractivity contribution in [3.8, 4) is 0 Å². The summed E-state index contributed by atoms with van der Waals surface area (Å²) in [7, 11) is -1.09. The fourth-order valence-electron chi connectivity index (χ4n) is 1.79. The SMILES string of the molecule is CNC(CCCS(C)(=O)=O)c1ccc(F)cc1I. The van der Waals surface area contributed by atoms with Crippen molar-refractivity contribution in [2.45, 2.75) is 18.9 Å². The molecule has 1 N–H and O–H groups in total. The smallest absolute Gasteiger partial charge is 0.147 e. The van der Waals surface area contributed by atoms with Crippen LogP contribution in [0.4, 0.5) is 4.39 Å². The summed E-state index contributed by atoms with van der Waals surface area (Å²) in [4.78, 5) is 0. The minimum atomic E-state index is -2.92. The fraction of sp³-hybridized carbons (Fsp3) is 0.500. The van der Waals surface area contributed by atoms with Crippen molar-refractivity contribution >= 4 is 32.4 Å². The van der Waals surface area contributed by atoms with E-state index in [1.165, 1.54) is 18.4 Å². The van der Waals surface area contributed by atoms with Crippen LogP contribution >= 0.6 is 22.6 Å². The van der Waals surface area contributed by atoms with E-state index in [1.807, 2.05) is 7.05 Å². The van der Waals surface area contributed by atoms with Crippen LogP contribution in [0.2, 0.25) is 0 Å². The number of benzene rings is 1. The van der Waals surface area contributed by atoms with Gasteiger partial charge in [0.15, 0.2) is 0 Å². The van der Waals surface area contributed by atoms with E-state index in [-0.39, 0.29) is 17.6 Å². The third-order valence-corrected chi connectivity index (χ3v) is 4.66. The van der Waals surface area contributed by atoms with Gasteiger partial charge in [-0.25, -0.2) is 12.8 Å². The Kier molecular flexibility index (Phi) is 6.00. The lowest BCUT2D eigenvalue weighted by Gasteiger charge is -2.18. The topological polar surface area (TPSA) is 46.2 Å². The Morgan fingerprint density at radius 2 is 2.11 bits per heavy atom. The lowest BCUT2D eigenvalue weighted by molar-refractivity contribution is 0.532. The summed E-state index contributed by atoms with van der Waals surface area (Å²) in [5.74, 6) is -0.0719. The Hall–Kier alpha value is -0.210. The average Bonchev–Trinajstić information content (AvgIpc) is 2.24. The van der Waals surface area contributed by atoms with E-state index in [1.54, 1.807) is 6.07 Å². The van der Waals surface area contributed by atoms with E-state index in [0.29, 0.717) is 12.8 Å². The van der Waals surface area contributed by atoms with Gasteiger partial charge in [0.2, 0.25) is 0 Å². The second-order valence-corrected chi connectivity index (χ2v) is 7.70. The molecule has 18 heavy (non-hydrogen) atoms. The Morgan fingerprint density at radius 1 is 1.44 bits per heavy atom. The predicted molar refractivity (Wildman–Crippen MR) is 79.9 cm³/mol. The average molecular weight is 385 g/mol. The van der Waals surface area contributed by atoms with Gasteiger partial charge in [0, 0.05) is 21.6 Å². The first-order chi connectivity index (χ1) is 8.33. The molecule has 0 saturated heterocycles. The number of hydrogen-bond acceptors (Lipinski definition) is 3. The normalized spacial score (nSPS) is 13.6. The Balaban J connectivity index is 2.71. The van der Waals surface area contributed by atoms with Crippen LogP contribution in [0.1, 0.15) is 24.4 Å². The van der Waals surface area contributed by atoms with Crippen LogP contribution < -0.4 is 5.32 Å². The molecule has 0 aliphatic heterocycles. The van der Waals surface area contributed by atoms with Crippen molar-refractivity contribution in [3.05, 3.63) is 33.1 Å². The molecule has 1 aromatic rings. The monoisotopic (exact) mass is 385 g/mol. The minimum Gasteiger partial charge on any atom is -0.313 e. The van der Waals surface area contributed by atoms with E-state index >= 15 is 0 Å². The van der Waals surface area contributed by atoms with Gasteiger partial charge < -0.3 is 5.32 Å². The molecule has 0 saturated carbocycles. The zero-order valence-corrected chi connectivity index (χ0v) is 13.4. The van der Waals surface area contributed by atoms with Crippen molar-refractivity contribution in [2.24, 2.45) is 0 Å². The largest absolute Gasteiger partial charge is 0.313 e. The number of hydrogen-bond donors (Lipinski definition) is 1. The summed E-state index contributed by atoms with van der Waals surface area (Å²) < 4.78 is 36.0. The molecule has 0 aromatic heterocycles. The van der Waals surface area contributed by atoms with Crippen molar-refractivity contribution < 1.29 is 12.8 Å². The molecule has 1 atom stereocenters. The molecule has 1 unspecified atom stereocenters. The third-order valence-electron chi connectivity index (χ3n) is 2.69. The molecular weight excluding hydrogens is 368 g/mol. The molecule has 0 aliphatic rings. The van der Waals surface area contributed by atoms with E-state index in [4.69, 9.17) is 0 Å². The molecule has 1 aromatic carbocycles. The van der Waals surface area contributed by atoms with Crippen molar-refractivity contribution in [1.82, 2.24) is 5.32 Å². The van der Waals surface area contributed by atoms with Crippen molar-refractivity contribution in [2.75, 3.05) is 19.1 Å². The van der Waals surface area contributed by atoms with Gasteiger partial charge in [0.05, 0.1) is 0 Å². The Labute approximate surface area is 121 Å². The summed E-state index contributed by atoms with van der Waals surface area (Å²) in [6, 6.07) is 4.72. The molecule has 0 aliphatic carbocycles. The standard InChI is InChI=1S/C12H17FINO2S/c1-15-12(4-3-7-18(2,16)17)10-6-5-9(13)8-11(10)14/h5-6,8,12,15H,3-4,7H2,1-2H3. The van der Waals surface area contributed by atoms with E-state index in [0.717, 1.165) is 9.13 Å². The number of sulfone groups is 1. The molecule has 0 amide bonds. The highest BCUT2D eigenvalue weighted by molar-refractivity contribution is 14.1. The Bertz CT molecular complexity index is 505. The van der Waals surface area contributed by atoms with Crippen LogP contribution in [0.25, 0.3) is 0 Å². The molecule has 0 spiro atoms. The van der Waals surface area contributed by atoms with Crippen LogP contribution in [0.5, 0.6) is 0 Å². The van der Waals surface area contributed by atoms with Gasteiger partial charge in [-0.2, -0.15) is 0 Å². The van der Waals surface area contributed by atoms with Gasteiger partial charge in [-0.05, 0) is 60.2 Å². The van der Waals surface area contributed by atoms with Gasteiger partial charge in [0.1, 0.15) is 15.7 Å². The van der Waals surface area contributed by atoms with Crippen LogP contribution in [0, 0.1) is 9.39 Å². The molecule has 0 radical (unpaired) electrons. The maximum atomic E-state index is 13.0. The van der Waals surface area contributed by atoms with Gasteiger partial charge in [-0.15, -0.1) is 0 Å². The summed E-state index contributed by atoms with van der Waals surface area (Å²) in [6.45, 7) is 0. The van der Waals surface area contributed by atoms with Crippen LogP contribution in [0.3, 0.4) is 0 Å². The van der Waals surface area contributed by atoms with Crippen LogP contribution in [0.15, 0.2) is 18.2 Å². The minimum absolute atomic E-state index is 0.0549. The van der Waals surface area contributed by atoms with E-state index in [9.17, 15) is 12.8 Å². The first-order valence-electron chi connectivity index (χ1n) is 5.63. The third kappa shape index (κ3) is 5.19. The van der Waals surface area contributed by atoms with Gasteiger partial charge in [-0.3, -0.25) is 0 Å². The van der Waals surface area contributed by atoms with Gasteiger partial charge in [-0.1, -0.05) is 6.07 Å². The highest BCUT2D eigenvalue weighted by atomic mass is 127. The Morgan fingerprint density at radius 3 is 2.61 bits per heavy atom. The zero-order valence-electron chi connectivity index (χ0n) is 10.4. The summed E-state index contributed by atoms with van der Waals surface area (Å²) >= 11 is 2.09. The quantitative estimate of drug-likeness (QED) is 0.766. The highest BCUT2D eigenvalue weighted by Gasteiger charge is 2.14. The van der Waals surface area contributed by atoms with Gasteiger partial charge in [0.25, 0.3) is 0 Å². The molecule has 0 bridgehead atoms. The fourth-order valence-corrected chi connectivity index (χ4v) is 3.33. The zero-order chi connectivity index (χ0) is 13.8. The predicted octanol–water partition coefficient (Wildman–Crippen LogP) is 2.52. The van der Waals surface area contributed by atoms with E-state index in [2.05, 4.69) is 27.9 Å². The van der Waals surface area contributed by atoms with Crippen LogP contribution in [-0.2, 0) is 9.84 Å².